The summed E-state index contributed by atoms with van der Waals surface area (Å²) in [5, 5.41) is 11.9. The number of halogens is 1. The molecular formula is C11H14FNO3. The Morgan fingerprint density at radius 1 is 1.62 bits per heavy atom. The minimum Gasteiger partial charge on any atom is -0.505 e. The van der Waals surface area contributed by atoms with Gasteiger partial charge in [-0.25, -0.2) is 4.39 Å². The highest BCUT2D eigenvalue weighted by Crippen LogP contribution is 2.15. The van der Waals surface area contributed by atoms with E-state index in [0.717, 1.165) is 0 Å². The van der Waals surface area contributed by atoms with E-state index in [2.05, 4.69) is 10.1 Å². The molecule has 5 heteroatoms. The van der Waals surface area contributed by atoms with Gasteiger partial charge in [-0.2, -0.15) is 0 Å². The molecule has 0 amide bonds. The number of nitrogens with one attached hydrogen (secondary N) is 1. The van der Waals surface area contributed by atoms with E-state index < -0.39 is 11.9 Å². The molecule has 1 rings (SSSR count). The Hall–Kier alpha value is -1.62. The van der Waals surface area contributed by atoms with Crippen LogP contribution in [0.1, 0.15) is 12.5 Å². The lowest BCUT2D eigenvalue weighted by molar-refractivity contribution is -0.142. The van der Waals surface area contributed by atoms with Crippen molar-refractivity contribution in [2.45, 2.75) is 19.5 Å². The van der Waals surface area contributed by atoms with Crippen LogP contribution in [0.25, 0.3) is 0 Å². The van der Waals surface area contributed by atoms with Crippen molar-refractivity contribution in [1.29, 1.82) is 0 Å². The first kappa shape index (κ1) is 12.4. The van der Waals surface area contributed by atoms with Crippen LogP contribution in [0, 0.1) is 5.82 Å². The maximum atomic E-state index is 13.0. The van der Waals surface area contributed by atoms with Crippen LogP contribution in [0.5, 0.6) is 5.75 Å². The summed E-state index contributed by atoms with van der Waals surface area (Å²) in [6.07, 6.45) is 0. The molecule has 0 saturated heterocycles. The fourth-order valence-corrected chi connectivity index (χ4v) is 1.19. The average Bonchev–Trinajstić information content (AvgIpc) is 2.29. The van der Waals surface area contributed by atoms with Gasteiger partial charge in [0.15, 0.2) is 11.6 Å². The van der Waals surface area contributed by atoms with E-state index in [4.69, 9.17) is 5.11 Å². The van der Waals surface area contributed by atoms with E-state index in [1.165, 1.54) is 19.2 Å². The molecule has 0 aromatic heterocycles. The molecule has 16 heavy (non-hydrogen) atoms. The van der Waals surface area contributed by atoms with Crippen molar-refractivity contribution in [1.82, 2.24) is 5.32 Å². The number of phenolic OH excluding ortho intramolecular Hbond substituents is 1. The van der Waals surface area contributed by atoms with Gasteiger partial charge in [0.2, 0.25) is 0 Å². The topological polar surface area (TPSA) is 58.6 Å². The number of hydrogen-bond acceptors (Lipinski definition) is 4. The van der Waals surface area contributed by atoms with Crippen molar-refractivity contribution in [3.63, 3.8) is 0 Å². The SMILES string of the molecule is COC(=O)[C@H](C)NCc1ccc(O)c(F)c1. The number of hydrogen-bond donors (Lipinski definition) is 2. The van der Waals surface area contributed by atoms with Gasteiger partial charge in [-0.15, -0.1) is 0 Å². The van der Waals surface area contributed by atoms with Gasteiger partial charge in [-0.05, 0) is 24.6 Å². The van der Waals surface area contributed by atoms with Gasteiger partial charge in [0, 0.05) is 6.54 Å². The molecule has 1 aromatic rings. The third-order valence-corrected chi connectivity index (χ3v) is 2.18. The van der Waals surface area contributed by atoms with Gasteiger partial charge >= 0.3 is 5.97 Å². The van der Waals surface area contributed by atoms with Crippen molar-refractivity contribution in [2.75, 3.05) is 7.11 Å². The second kappa shape index (κ2) is 5.46. The zero-order valence-corrected chi connectivity index (χ0v) is 9.16. The Morgan fingerprint density at radius 3 is 2.88 bits per heavy atom. The van der Waals surface area contributed by atoms with Crippen LogP contribution in [0.15, 0.2) is 18.2 Å². The first-order valence-electron chi connectivity index (χ1n) is 4.83. The number of carbonyl (C=O) groups is 1. The molecule has 0 aliphatic heterocycles. The maximum Gasteiger partial charge on any atom is 0.322 e. The predicted octanol–water partition coefficient (Wildman–Crippen LogP) is 1.18. The molecule has 0 radical (unpaired) electrons. The predicted molar refractivity (Wildman–Crippen MR) is 56.4 cm³/mol. The van der Waals surface area contributed by atoms with E-state index in [9.17, 15) is 9.18 Å². The fraction of sp³-hybridized carbons (Fsp3) is 0.364. The lowest BCUT2D eigenvalue weighted by atomic mass is 10.2. The van der Waals surface area contributed by atoms with E-state index >= 15 is 0 Å². The number of carbonyl (C=O) groups excluding carboxylic acids is 1. The number of rotatable bonds is 4. The molecule has 0 fully saturated rings. The van der Waals surface area contributed by atoms with Crippen molar-refractivity contribution >= 4 is 5.97 Å². The van der Waals surface area contributed by atoms with Gasteiger partial charge in [-0.3, -0.25) is 4.79 Å². The summed E-state index contributed by atoms with van der Waals surface area (Å²) < 4.78 is 17.5. The Bertz CT molecular complexity index is 381. The quantitative estimate of drug-likeness (QED) is 0.758. The van der Waals surface area contributed by atoms with Crippen LogP contribution in [0.4, 0.5) is 4.39 Å². The lowest BCUT2D eigenvalue weighted by Gasteiger charge is -2.11. The Kier molecular flexibility index (Phi) is 4.25. The molecule has 0 unspecified atom stereocenters. The highest BCUT2D eigenvalue weighted by atomic mass is 19.1. The smallest absolute Gasteiger partial charge is 0.322 e. The second-order valence-corrected chi connectivity index (χ2v) is 3.41. The number of phenols is 1. The third-order valence-electron chi connectivity index (χ3n) is 2.18. The molecule has 0 bridgehead atoms. The summed E-state index contributed by atoms with van der Waals surface area (Å²) in [6, 6.07) is 3.61. The molecule has 88 valence electrons. The second-order valence-electron chi connectivity index (χ2n) is 3.41. The van der Waals surface area contributed by atoms with Crippen LogP contribution < -0.4 is 5.32 Å². The van der Waals surface area contributed by atoms with Gasteiger partial charge in [0.05, 0.1) is 7.11 Å². The largest absolute Gasteiger partial charge is 0.505 e. The monoisotopic (exact) mass is 227 g/mol. The number of benzene rings is 1. The van der Waals surface area contributed by atoms with Gasteiger partial charge in [-0.1, -0.05) is 6.07 Å². The Balaban J connectivity index is 2.55. The zero-order valence-electron chi connectivity index (χ0n) is 9.16. The van der Waals surface area contributed by atoms with Gasteiger partial charge in [0.1, 0.15) is 6.04 Å². The van der Waals surface area contributed by atoms with Crippen LogP contribution in [-0.4, -0.2) is 24.2 Å². The van der Waals surface area contributed by atoms with E-state index in [1.54, 1.807) is 13.0 Å². The zero-order chi connectivity index (χ0) is 12.1. The first-order valence-corrected chi connectivity index (χ1v) is 4.83. The highest BCUT2D eigenvalue weighted by molar-refractivity contribution is 5.75. The van der Waals surface area contributed by atoms with Crippen LogP contribution in [0.2, 0.25) is 0 Å². The number of esters is 1. The maximum absolute atomic E-state index is 13.0. The van der Waals surface area contributed by atoms with Crippen LogP contribution in [0.3, 0.4) is 0 Å². The lowest BCUT2D eigenvalue weighted by Crippen LogP contribution is -2.34. The van der Waals surface area contributed by atoms with Crippen molar-refractivity contribution in [3.8, 4) is 5.75 Å². The molecule has 0 spiro atoms. The number of ether oxygens (including phenoxy) is 1. The molecule has 1 aromatic carbocycles. The van der Waals surface area contributed by atoms with Gasteiger partial charge < -0.3 is 15.2 Å². The minimum absolute atomic E-state index is 0.327. The Morgan fingerprint density at radius 2 is 2.31 bits per heavy atom. The summed E-state index contributed by atoms with van der Waals surface area (Å²) in [6.45, 7) is 1.98. The van der Waals surface area contributed by atoms with E-state index in [0.29, 0.717) is 12.1 Å². The Labute approximate surface area is 93.0 Å². The van der Waals surface area contributed by atoms with Crippen molar-refractivity contribution < 1.29 is 19.0 Å². The van der Waals surface area contributed by atoms with E-state index in [-0.39, 0.29) is 11.7 Å². The third kappa shape index (κ3) is 3.20. The molecular weight excluding hydrogens is 213 g/mol. The summed E-state index contributed by atoms with van der Waals surface area (Å²) in [5.74, 6) is -1.44. The van der Waals surface area contributed by atoms with Crippen molar-refractivity contribution in [2.24, 2.45) is 0 Å². The standard InChI is InChI=1S/C11H14FNO3/c1-7(11(15)16-2)13-6-8-3-4-10(14)9(12)5-8/h3-5,7,13-14H,6H2,1-2H3/t7-/m0/s1. The number of methoxy groups -OCH3 is 1. The fourth-order valence-electron chi connectivity index (χ4n) is 1.19. The van der Waals surface area contributed by atoms with Crippen LogP contribution >= 0.6 is 0 Å². The summed E-state index contributed by atoms with van der Waals surface area (Å²) in [7, 11) is 1.31. The minimum atomic E-state index is -0.676. The summed E-state index contributed by atoms with van der Waals surface area (Å²) in [5.41, 5.74) is 0.644. The van der Waals surface area contributed by atoms with Crippen LogP contribution in [-0.2, 0) is 16.1 Å². The normalized spacial score (nSPS) is 12.2. The summed E-state index contributed by atoms with van der Waals surface area (Å²) in [4.78, 5) is 11.1. The molecule has 0 aliphatic carbocycles. The molecule has 0 saturated carbocycles. The molecule has 0 heterocycles. The molecule has 2 N–H and O–H groups in total. The van der Waals surface area contributed by atoms with Crippen molar-refractivity contribution in [3.05, 3.63) is 29.6 Å². The first-order chi connectivity index (χ1) is 7.54. The van der Waals surface area contributed by atoms with E-state index in [1.807, 2.05) is 0 Å². The molecule has 0 aliphatic rings. The molecule has 4 nitrogen and oxygen atoms in total. The molecule has 1 atom stereocenters. The average molecular weight is 227 g/mol. The number of aromatic hydroxyl groups is 1. The highest BCUT2D eigenvalue weighted by Gasteiger charge is 2.12. The summed E-state index contributed by atoms with van der Waals surface area (Å²) >= 11 is 0. The van der Waals surface area contributed by atoms with Gasteiger partial charge in [0.25, 0.3) is 0 Å².